The van der Waals surface area contributed by atoms with Gasteiger partial charge in [0.05, 0.1) is 7.11 Å². The number of nitrogens with zero attached hydrogens (tertiary/aromatic N) is 3. The van der Waals surface area contributed by atoms with Gasteiger partial charge in [0.25, 0.3) is 0 Å². The first-order valence-corrected chi connectivity index (χ1v) is 6.34. The molecule has 20 heavy (non-hydrogen) atoms. The summed E-state index contributed by atoms with van der Waals surface area (Å²) in [4.78, 5) is 11.9. The van der Waals surface area contributed by atoms with E-state index in [4.69, 9.17) is 16.3 Å². The summed E-state index contributed by atoms with van der Waals surface area (Å²) in [6.07, 6.45) is 0. The molecule has 0 bridgehead atoms. The third kappa shape index (κ3) is 2.62. The monoisotopic (exact) mass is 286 g/mol. The number of rotatable bonds is 3. The number of fused-ring (bicyclic) bond motifs is 1. The smallest absolute Gasteiger partial charge is 0.322 e. The van der Waals surface area contributed by atoms with E-state index in [9.17, 15) is 0 Å². The zero-order valence-corrected chi connectivity index (χ0v) is 11.4. The molecule has 1 heterocycles. The van der Waals surface area contributed by atoms with Crippen LogP contribution in [0.5, 0.6) is 6.01 Å². The fourth-order valence-corrected chi connectivity index (χ4v) is 2.03. The highest BCUT2D eigenvalue weighted by atomic mass is 35.5. The van der Waals surface area contributed by atoms with E-state index < -0.39 is 0 Å². The Morgan fingerprint density at radius 1 is 1.00 bits per heavy atom. The maximum atomic E-state index is 5.81. The first-order chi connectivity index (χ1) is 9.74. The molecule has 0 unspecified atom stereocenters. The van der Waals surface area contributed by atoms with Crippen LogP contribution < -0.4 is 10.1 Å². The molecule has 0 atom stereocenters. The van der Waals surface area contributed by atoms with Crippen LogP contribution in [0.2, 0.25) is 5.28 Å². The lowest BCUT2D eigenvalue weighted by Gasteiger charge is -2.07. The molecule has 0 fully saturated rings. The minimum Gasteiger partial charge on any atom is -0.467 e. The second-order valence-electron chi connectivity index (χ2n) is 4.10. The fraction of sp³-hybridized carbons (Fsp3) is 0.0714. The molecular weight excluding hydrogens is 276 g/mol. The predicted molar refractivity (Wildman–Crippen MR) is 78.6 cm³/mol. The van der Waals surface area contributed by atoms with Crippen LogP contribution in [0.15, 0.2) is 42.5 Å². The molecule has 0 saturated carbocycles. The molecule has 5 nitrogen and oxygen atoms in total. The summed E-state index contributed by atoms with van der Waals surface area (Å²) in [6, 6.07) is 14.3. The van der Waals surface area contributed by atoms with Crippen LogP contribution in [0.1, 0.15) is 0 Å². The van der Waals surface area contributed by atoms with Gasteiger partial charge in [-0.3, -0.25) is 0 Å². The average Bonchev–Trinajstić information content (AvgIpc) is 2.46. The van der Waals surface area contributed by atoms with Gasteiger partial charge in [0.1, 0.15) is 0 Å². The van der Waals surface area contributed by atoms with Gasteiger partial charge in [-0.05, 0) is 34.5 Å². The van der Waals surface area contributed by atoms with E-state index in [-0.39, 0.29) is 11.3 Å². The summed E-state index contributed by atoms with van der Waals surface area (Å²) < 4.78 is 4.96. The van der Waals surface area contributed by atoms with Crippen LogP contribution in [-0.2, 0) is 0 Å². The maximum Gasteiger partial charge on any atom is 0.322 e. The molecule has 100 valence electrons. The van der Waals surface area contributed by atoms with Gasteiger partial charge in [-0.15, -0.1) is 0 Å². The lowest BCUT2D eigenvalue weighted by atomic mass is 10.1. The van der Waals surface area contributed by atoms with Gasteiger partial charge in [0.15, 0.2) is 0 Å². The normalized spacial score (nSPS) is 10.5. The highest BCUT2D eigenvalue weighted by Crippen LogP contribution is 2.21. The summed E-state index contributed by atoms with van der Waals surface area (Å²) in [5, 5.41) is 5.47. The molecule has 0 aliphatic carbocycles. The van der Waals surface area contributed by atoms with Crippen LogP contribution >= 0.6 is 11.6 Å². The van der Waals surface area contributed by atoms with Crippen molar-refractivity contribution in [3.8, 4) is 6.01 Å². The van der Waals surface area contributed by atoms with E-state index in [1.165, 1.54) is 12.5 Å². The van der Waals surface area contributed by atoms with Crippen molar-refractivity contribution in [1.82, 2.24) is 15.0 Å². The van der Waals surface area contributed by atoms with E-state index in [2.05, 4.69) is 26.3 Å². The lowest BCUT2D eigenvalue weighted by Crippen LogP contribution is -2.01. The Morgan fingerprint density at radius 3 is 2.60 bits per heavy atom. The van der Waals surface area contributed by atoms with Crippen molar-refractivity contribution in [2.24, 2.45) is 0 Å². The Morgan fingerprint density at radius 2 is 1.80 bits per heavy atom. The average molecular weight is 287 g/mol. The van der Waals surface area contributed by atoms with Crippen LogP contribution in [0.3, 0.4) is 0 Å². The van der Waals surface area contributed by atoms with Gasteiger partial charge in [-0.25, -0.2) is 0 Å². The number of benzene rings is 2. The first-order valence-electron chi connectivity index (χ1n) is 5.96. The summed E-state index contributed by atoms with van der Waals surface area (Å²) in [5.74, 6) is 0.345. The zero-order chi connectivity index (χ0) is 13.9. The fourth-order valence-electron chi connectivity index (χ4n) is 1.88. The third-order valence-electron chi connectivity index (χ3n) is 2.78. The zero-order valence-electron chi connectivity index (χ0n) is 10.7. The number of nitrogens with one attached hydrogen (secondary N) is 1. The molecule has 1 aromatic heterocycles. The highest BCUT2D eigenvalue weighted by Gasteiger charge is 2.05. The number of aromatic nitrogens is 3. The van der Waals surface area contributed by atoms with Crippen molar-refractivity contribution in [1.29, 1.82) is 0 Å². The topological polar surface area (TPSA) is 59.9 Å². The molecule has 0 aliphatic heterocycles. The van der Waals surface area contributed by atoms with E-state index in [1.807, 2.05) is 36.4 Å². The molecule has 2 aromatic carbocycles. The first kappa shape index (κ1) is 12.6. The van der Waals surface area contributed by atoms with E-state index in [0.717, 1.165) is 11.1 Å². The standard InChI is InChI=1S/C14H11ClN4O/c1-20-14-18-12(15)17-13(19-14)16-11-7-6-9-4-2-3-5-10(9)8-11/h2-8H,1H3,(H,16,17,18,19). The molecule has 3 rings (SSSR count). The number of halogens is 1. The Bertz CT molecular complexity index is 763. The van der Waals surface area contributed by atoms with Gasteiger partial charge >= 0.3 is 6.01 Å². The Kier molecular flexibility index (Phi) is 3.35. The third-order valence-corrected chi connectivity index (χ3v) is 2.94. The van der Waals surface area contributed by atoms with E-state index in [0.29, 0.717) is 5.95 Å². The van der Waals surface area contributed by atoms with E-state index in [1.54, 1.807) is 0 Å². The lowest BCUT2D eigenvalue weighted by molar-refractivity contribution is 0.379. The quantitative estimate of drug-likeness (QED) is 0.799. The largest absolute Gasteiger partial charge is 0.467 e. The van der Waals surface area contributed by atoms with Crippen molar-refractivity contribution < 1.29 is 4.74 Å². The summed E-state index contributed by atoms with van der Waals surface area (Å²) in [7, 11) is 1.48. The van der Waals surface area contributed by atoms with Gasteiger partial charge in [0.2, 0.25) is 11.2 Å². The summed E-state index contributed by atoms with van der Waals surface area (Å²) in [6.45, 7) is 0. The number of anilines is 2. The SMILES string of the molecule is COc1nc(Cl)nc(Nc2ccc3ccccc3c2)n1. The van der Waals surface area contributed by atoms with Crippen LogP contribution in [0.4, 0.5) is 11.6 Å². The molecule has 0 radical (unpaired) electrons. The van der Waals surface area contributed by atoms with E-state index >= 15 is 0 Å². The van der Waals surface area contributed by atoms with Gasteiger partial charge < -0.3 is 10.1 Å². The number of hydrogen-bond donors (Lipinski definition) is 1. The van der Waals surface area contributed by atoms with Crippen molar-refractivity contribution in [3.63, 3.8) is 0 Å². The molecule has 0 amide bonds. The van der Waals surface area contributed by atoms with Gasteiger partial charge in [0, 0.05) is 5.69 Å². The van der Waals surface area contributed by atoms with Crippen LogP contribution in [-0.4, -0.2) is 22.1 Å². The molecule has 0 saturated heterocycles. The molecule has 0 aliphatic rings. The number of methoxy groups -OCH3 is 1. The van der Waals surface area contributed by atoms with Crippen LogP contribution in [0, 0.1) is 0 Å². The van der Waals surface area contributed by atoms with Crippen molar-refractivity contribution in [2.45, 2.75) is 0 Å². The summed E-state index contributed by atoms with van der Waals surface area (Å²) in [5.41, 5.74) is 0.869. The molecular formula is C14H11ClN4O. The molecule has 0 spiro atoms. The maximum absolute atomic E-state index is 5.81. The molecule has 3 aromatic rings. The molecule has 1 N–H and O–H groups in total. The summed E-state index contributed by atoms with van der Waals surface area (Å²) >= 11 is 5.81. The second-order valence-corrected chi connectivity index (χ2v) is 4.44. The Hall–Kier alpha value is -2.40. The van der Waals surface area contributed by atoms with Crippen molar-refractivity contribution >= 4 is 34.0 Å². The van der Waals surface area contributed by atoms with Crippen molar-refractivity contribution in [3.05, 3.63) is 47.7 Å². The Labute approximate surface area is 120 Å². The van der Waals surface area contributed by atoms with Crippen molar-refractivity contribution in [2.75, 3.05) is 12.4 Å². The minimum absolute atomic E-state index is 0.0835. The second kappa shape index (κ2) is 5.30. The van der Waals surface area contributed by atoms with Gasteiger partial charge in [-0.1, -0.05) is 30.3 Å². The predicted octanol–water partition coefficient (Wildman–Crippen LogP) is 3.43. The molecule has 6 heteroatoms. The Balaban J connectivity index is 1.94. The van der Waals surface area contributed by atoms with Gasteiger partial charge in [-0.2, -0.15) is 15.0 Å². The van der Waals surface area contributed by atoms with Crippen LogP contribution in [0.25, 0.3) is 10.8 Å². The highest BCUT2D eigenvalue weighted by molar-refractivity contribution is 6.28. The number of hydrogen-bond acceptors (Lipinski definition) is 5. The minimum atomic E-state index is 0.0835. The number of ether oxygens (including phenoxy) is 1.